The second-order valence-electron chi connectivity index (χ2n) is 5.36. The van der Waals surface area contributed by atoms with E-state index in [0.29, 0.717) is 4.80 Å². The SMILES string of the molecule is C[C@@H](C(=O)N=c1sccn1C)N1C(=O)c2cccc([N+](=O)[O-])c2C1=O. The molecule has 3 amide bonds. The van der Waals surface area contributed by atoms with E-state index in [1.165, 1.54) is 30.4 Å². The smallest absolute Gasteiger partial charge is 0.282 e. The summed E-state index contributed by atoms with van der Waals surface area (Å²) in [5.41, 5.74) is -0.834. The third kappa shape index (κ3) is 2.66. The van der Waals surface area contributed by atoms with Crippen LogP contribution in [-0.2, 0) is 11.8 Å². The predicted octanol–water partition coefficient (Wildman–Crippen LogP) is 1.11. The number of thiazole rings is 1. The van der Waals surface area contributed by atoms with E-state index in [1.807, 2.05) is 0 Å². The zero-order valence-corrected chi connectivity index (χ0v) is 14.0. The van der Waals surface area contributed by atoms with Crippen LogP contribution in [0.25, 0.3) is 0 Å². The highest BCUT2D eigenvalue weighted by Crippen LogP contribution is 2.31. The fourth-order valence-electron chi connectivity index (χ4n) is 2.52. The second kappa shape index (κ2) is 6.06. The van der Waals surface area contributed by atoms with Crippen molar-refractivity contribution < 1.29 is 19.3 Å². The molecule has 0 saturated carbocycles. The van der Waals surface area contributed by atoms with Crippen molar-refractivity contribution in [2.75, 3.05) is 0 Å². The van der Waals surface area contributed by atoms with Crippen LogP contribution in [0.3, 0.4) is 0 Å². The summed E-state index contributed by atoms with van der Waals surface area (Å²) in [6.07, 6.45) is 1.72. The van der Waals surface area contributed by atoms with Crippen molar-refractivity contribution in [2.45, 2.75) is 13.0 Å². The molecule has 0 aliphatic carbocycles. The predicted molar refractivity (Wildman–Crippen MR) is 86.9 cm³/mol. The van der Waals surface area contributed by atoms with Gasteiger partial charge in [0.2, 0.25) is 0 Å². The molecule has 128 valence electrons. The largest absolute Gasteiger partial charge is 0.327 e. The fourth-order valence-corrected chi connectivity index (χ4v) is 3.26. The molecule has 1 aromatic heterocycles. The molecular formula is C15H12N4O5S. The number of amides is 3. The van der Waals surface area contributed by atoms with Crippen LogP contribution < -0.4 is 4.80 Å². The first-order chi connectivity index (χ1) is 11.8. The number of benzene rings is 1. The number of imide groups is 1. The monoisotopic (exact) mass is 360 g/mol. The second-order valence-corrected chi connectivity index (χ2v) is 6.23. The van der Waals surface area contributed by atoms with Crippen LogP contribution in [0.4, 0.5) is 5.69 Å². The summed E-state index contributed by atoms with van der Waals surface area (Å²) in [7, 11) is 1.71. The minimum absolute atomic E-state index is 0.0828. The van der Waals surface area contributed by atoms with Crippen molar-refractivity contribution in [1.82, 2.24) is 9.47 Å². The average molecular weight is 360 g/mol. The molecule has 1 aliphatic heterocycles. The van der Waals surface area contributed by atoms with E-state index in [4.69, 9.17) is 0 Å². The van der Waals surface area contributed by atoms with Gasteiger partial charge in [0.1, 0.15) is 11.6 Å². The molecule has 3 rings (SSSR count). The molecule has 0 bridgehead atoms. The number of aromatic nitrogens is 1. The molecule has 0 N–H and O–H groups in total. The Kier molecular flexibility index (Phi) is 4.05. The molecule has 0 saturated heterocycles. The lowest BCUT2D eigenvalue weighted by molar-refractivity contribution is -0.385. The van der Waals surface area contributed by atoms with Crippen LogP contribution in [0.15, 0.2) is 34.8 Å². The first-order valence-corrected chi connectivity index (χ1v) is 8.05. The molecule has 2 aromatic rings. The van der Waals surface area contributed by atoms with Gasteiger partial charge >= 0.3 is 0 Å². The zero-order valence-electron chi connectivity index (χ0n) is 13.2. The Hall–Kier alpha value is -3.14. The Labute approximate surface area is 145 Å². The van der Waals surface area contributed by atoms with E-state index in [2.05, 4.69) is 4.99 Å². The lowest BCUT2D eigenvalue weighted by Gasteiger charge is -2.18. The molecular weight excluding hydrogens is 348 g/mol. The van der Waals surface area contributed by atoms with Gasteiger partial charge in [0, 0.05) is 24.7 Å². The standard InChI is InChI=1S/C15H12N4O5S/c1-8(12(20)16-15-17(2)6-7-25-15)18-13(21)9-4-3-5-10(19(23)24)11(9)14(18)22/h3-8H,1-2H3/t8-/m0/s1. The fraction of sp³-hybridized carbons (Fsp3) is 0.200. The summed E-state index contributed by atoms with van der Waals surface area (Å²) in [6, 6.07) is 2.63. The van der Waals surface area contributed by atoms with E-state index in [-0.39, 0.29) is 11.1 Å². The molecule has 0 radical (unpaired) electrons. The number of fused-ring (bicyclic) bond motifs is 1. The number of hydrogen-bond acceptors (Lipinski definition) is 6. The first kappa shape index (κ1) is 16.7. The Morgan fingerprint density at radius 3 is 2.64 bits per heavy atom. The average Bonchev–Trinajstić information content (AvgIpc) is 3.08. The maximum absolute atomic E-state index is 12.6. The van der Waals surface area contributed by atoms with E-state index < -0.39 is 34.4 Å². The number of aryl methyl sites for hydroxylation is 1. The van der Waals surface area contributed by atoms with E-state index in [9.17, 15) is 24.5 Å². The minimum atomic E-state index is -1.17. The number of nitro benzene ring substituents is 1. The number of rotatable bonds is 3. The van der Waals surface area contributed by atoms with Crippen LogP contribution in [0, 0.1) is 10.1 Å². The zero-order chi connectivity index (χ0) is 18.3. The van der Waals surface area contributed by atoms with Crippen molar-refractivity contribution >= 4 is 34.7 Å². The highest BCUT2D eigenvalue weighted by Gasteiger charge is 2.44. The van der Waals surface area contributed by atoms with E-state index >= 15 is 0 Å². The summed E-state index contributed by atoms with van der Waals surface area (Å²) in [6.45, 7) is 1.37. The molecule has 0 unspecified atom stereocenters. The molecule has 25 heavy (non-hydrogen) atoms. The van der Waals surface area contributed by atoms with Crippen molar-refractivity contribution in [2.24, 2.45) is 12.0 Å². The Balaban J connectivity index is 1.99. The van der Waals surface area contributed by atoms with Crippen molar-refractivity contribution in [3.63, 3.8) is 0 Å². The van der Waals surface area contributed by atoms with Gasteiger partial charge in [-0.2, -0.15) is 4.99 Å². The Morgan fingerprint density at radius 1 is 1.32 bits per heavy atom. The van der Waals surface area contributed by atoms with Gasteiger partial charge in [-0.1, -0.05) is 6.07 Å². The lowest BCUT2D eigenvalue weighted by atomic mass is 10.1. The molecule has 0 fully saturated rings. The van der Waals surface area contributed by atoms with Crippen molar-refractivity contribution in [1.29, 1.82) is 0 Å². The third-order valence-electron chi connectivity index (χ3n) is 3.83. The number of hydrogen-bond donors (Lipinski definition) is 0. The van der Waals surface area contributed by atoms with Gasteiger partial charge in [-0.05, 0) is 13.0 Å². The van der Waals surface area contributed by atoms with Crippen LogP contribution in [0.2, 0.25) is 0 Å². The van der Waals surface area contributed by atoms with Gasteiger partial charge in [0.05, 0.1) is 10.5 Å². The Bertz CT molecular complexity index is 990. The normalized spacial score (nSPS) is 15.4. The van der Waals surface area contributed by atoms with Crippen LogP contribution in [-0.4, -0.2) is 38.2 Å². The van der Waals surface area contributed by atoms with Crippen molar-refractivity contribution in [3.8, 4) is 0 Å². The summed E-state index contributed by atoms with van der Waals surface area (Å²) in [5, 5.41) is 12.8. The van der Waals surface area contributed by atoms with Crippen LogP contribution >= 0.6 is 11.3 Å². The number of carbonyl (C=O) groups is 3. The van der Waals surface area contributed by atoms with Gasteiger partial charge < -0.3 is 4.57 Å². The maximum Gasteiger partial charge on any atom is 0.282 e. The molecule has 1 atom stereocenters. The number of carbonyl (C=O) groups excluding carboxylic acids is 3. The molecule has 9 nitrogen and oxygen atoms in total. The quantitative estimate of drug-likeness (QED) is 0.462. The number of nitrogens with zero attached hydrogens (tertiary/aromatic N) is 4. The minimum Gasteiger partial charge on any atom is -0.327 e. The van der Waals surface area contributed by atoms with Gasteiger partial charge in [-0.3, -0.25) is 29.4 Å². The summed E-state index contributed by atoms with van der Waals surface area (Å²) in [5.74, 6) is -2.29. The maximum atomic E-state index is 12.6. The molecule has 2 heterocycles. The van der Waals surface area contributed by atoms with E-state index in [0.717, 1.165) is 11.0 Å². The topological polar surface area (TPSA) is 115 Å². The molecule has 1 aliphatic rings. The molecule has 10 heteroatoms. The lowest BCUT2D eigenvalue weighted by Crippen LogP contribution is -2.43. The van der Waals surface area contributed by atoms with Crippen LogP contribution in [0.1, 0.15) is 27.6 Å². The van der Waals surface area contributed by atoms with Crippen LogP contribution in [0.5, 0.6) is 0 Å². The Morgan fingerprint density at radius 2 is 2.04 bits per heavy atom. The van der Waals surface area contributed by atoms with Gasteiger partial charge in [0.15, 0.2) is 4.80 Å². The highest BCUT2D eigenvalue weighted by molar-refractivity contribution is 7.07. The van der Waals surface area contributed by atoms with Gasteiger partial charge in [-0.25, -0.2) is 0 Å². The highest BCUT2D eigenvalue weighted by atomic mass is 32.1. The third-order valence-corrected chi connectivity index (χ3v) is 4.68. The van der Waals surface area contributed by atoms with Gasteiger partial charge in [-0.15, -0.1) is 11.3 Å². The summed E-state index contributed by atoms with van der Waals surface area (Å²) >= 11 is 1.23. The first-order valence-electron chi connectivity index (χ1n) is 7.17. The molecule has 0 spiro atoms. The summed E-state index contributed by atoms with van der Waals surface area (Å²) in [4.78, 5) is 52.8. The summed E-state index contributed by atoms with van der Waals surface area (Å²) < 4.78 is 1.63. The molecule has 1 aromatic carbocycles. The van der Waals surface area contributed by atoms with Crippen molar-refractivity contribution in [3.05, 3.63) is 55.8 Å². The van der Waals surface area contributed by atoms with E-state index in [1.54, 1.807) is 23.2 Å². The number of nitro groups is 1. The van der Waals surface area contributed by atoms with Gasteiger partial charge in [0.25, 0.3) is 23.4 Å².